The van der Waals surface area contributed by atoms with Crippen molar-refractivity contribution in [1.29, 1.82) is 0 Å². The van der Waals surface area contributed by atoms with Gasteiger partial charge in [-0.3, -0.25) is 4.79 Å². The van der Waals surface area contributed by atoms with Crippen molar-refractivity contribution in [2.24, 2.45) is 0 Å². The van der Waals surface area contributed by atoms with Crippen LogP contribution >= 0.6 is 0 Å². The van der Waals surface area contributed by atoms with E-state index in [1.54, 1.807) is 11.0 Å². The zero-order valence-corrected chi connectivity index (χ0v) is 12.3. The second kappa shape index (κ2) is 6.60. The second-order valence-corrected chi connectivity index (χ2v) is 5.31. The van der Waals surface area contributed by atoms with E-state index < -0.39 is 0 Å². The Morgan fingerprint density at radius 3 is 2.77 bits per heavy atom. The Hall–Kier alpha value is -2.36. The molecule has 114 valence electrons. The highest BCUT2D eigenvalue weighted by atomic mass is 19.1. The predicted octanol–water partition coefficient (Wildman–Crippen LogP) is 3.57. The number of fused-ring (bicyclic) bond motifs is 1. The van der Waals surface area contributed by atoms with Gasteiger partial charge in [0, 0.05) is 6.54 Å². The standard InChI is InChI=1S/C18H18FNO2/c19-16-10-4-6-14-7-5-12-20(18(14)16)17(21)11-13-22-15-8-2-1-3-9-15/h1-4,6,8-10H,5,7,11-13H2. The Kier molecular flexibility index (Phi) is 4.37. The summed E-state index contributed by atoms with van der Waals surface area (Å²) >= 11 is 0. The third kappa shape index (κ3) is 3.11. The number of anilines is 1. The minimum atomic E-state index is -0.325. The molecule has 1 heterocycles. The summed E-state index contributed by atoms with van der Waals surface area (Å²) in [5.41, 5.74) is 1.35. The molecule has 4 heteroatoms. The monoisotopic (exact) mass is 299 g/mol. The number of amides is 1. The molecule has 0 aliphatic carbocycles. The highest BCUT2D eigenvalue weighted by molar-refractivity contribution is 5.94. The van der Waals surface area contributed by atoms with E-state index in [0.29, 0.717) is 18.8 Å². The van der Waals surface area contributed by atoms with Crippen LogP contribution in [0.15, 0.2) is 48.5 Å². The van der Waals surface area contributed by atoms with Gasteiger partial charge in [0.05, 0.1) is 18.7 Å². The highest BCUT2D eigenvalue weighted by Crippen LogP contribution is 2.30. The molecule has 1 amide bonds. The van der Waals surface area contributed by atoms with E-state index in [1.165, 1.54) is 6.07 Å². The number of rotatable bonds is 4. The van der Waals surface area contributed by atoms with Crippen molar-refractivity contribution in [3.05, 3.63) is 59.9 Å². The Balaban J connectivity index is 1.64. The van der Waals surface area contributed by atoms with Gasteiger partial charge in [-0.25, -0.2) is 4.39 Å². The molecule has 0 bridgehead atoms. The molecule has 1 aliphatic heterocycles. The first kappa shape index (κ1) is 14.6. The molecule has 2 aromatic rings. The van der Waals surface area contributed by atoms with Crippen LogP contribution in [0.2, 0.25) is 0 Å². The van der Waals surface area contributed by atoms with Crippen LogP contribution in [0, 0.1) is 5.82 Å². The van der Waals surface area contributed by atoms with Crippen LogP contribution in [0.25, 0.3) is 0 Å². The van der Waals surface area contributed by atoms with Crippen molar-refractivity contribution >= 4 is 11.6 Å². The first-order valence-electron chi connectivity index (χ1n) is 7.51. The van der Waals surface area contributed by atoms with Crippen molar-refractivity contribution in [1.82, 2.24) is 0 Å². The number of ether oxygens (including phenoxy) is 1. The van der Waals surface area contributed by atoms with Gasteiger partial charge < -0.3 is 9.64 Å². The topological polar surface area (TPSA) is 29.5 Å². The van der Waals surface area contributed by atoms with E-state index in [9.17, 15) is 9.18 Å². The maximum atomic E-state index is 14.0. The summed E-state index contributed by atoms with van der Waals surface area (Å²) in [5, 5.41) is 0. The van der Waals surface area contributed by atoms with Crippen LogP contribution in [0.1, 0.15) is 18.4 Å². The lowest BCUT2D eigenvalue weighted by Crippen LogP contribution is -2.37. The molecule has 0 unspecified atom stereocenters. The summed E-state index contributed by atoms with van der Waals surface area (Å²) in [6, 6.07) is 14.4. The molecule has 0 N–H and O–H groups in total. The molecular formula is C18H18FNO2. The lowest BCUT2D eigenvalue weighted by molar-refractivity contribution is -0.119. The average Bonchev–Trinajstić information content (AvgIpc) is 2.55. The third-order valence-electron chi connectivity index (χ3n) is 3.80. The minimum absolute atomic E-state index is 0.0954. The van der Waals surface area contributed by atoms with Crippen molar-refractivity contribution < 1.29 is 13.9 Å². The summed E-state index contributed by atoms with van der Waals surface area (Å²) in [7, 11) is 0. The van der Waals surface area contributed by atoms with Crippen LogP contribution < -0.4 is 9.64 Å². The number of aryl methyl sites for hydroxylation is 1. The molecule has 0 radical (unpaired) electrons. The molecular weight excluding hydrogens is 281 g/mol. The second-order valence-electron chi connectivity index (χ2n) is 5.31. The van der Waals surface area contributed by atoms with Gasteiger partial charge in [0.2, 0.25) is 5.91 Å². The normalized spacial score (nSPS) is 13.6. The molecule has 0 fully saturated rings. The van der Waals surface area contributed by atoms with Gasteiger partial charge in [0.25, 0.3) is 0 Å². The van der Waals surface area contributed by atoms with E-state index >= 15 is 0 Å². The maximum Gasteiger partial charge on any atom is 0.230 e. The number of carbonyl (C=O) groups is 1. The van der Waals surface area contributed by atoms with Gasteiger partial charge in [0.1, 0.15) is 11.6 Å². The van der Waals surface area contributed by atoms with E-state index in [0.717, 1.165) is 24.2 Å². The number of hydrogen-bond donors (Lipinski definition) is 0. The number of nitrogens with zero attached hydrogens (tertiary/aromatic N) is 1. The fraction of sp³-hybridized carbons (Fsp3) is 0.278. The van der Waals surface area contributed by atoms with Gasteiger partial charge in [0.15, 0.2) is 0 Å². The number of benzene rings is 2. The first-order valence-corrected chi connectivity index (χ1v) is 7.51. The van der Waals surface area contributed by atoms with Gasteiger partial charge in [-0.1, -0.05) is 30.3 Å². The lowest BCUT2D eigenvalue weighted by Gasteiger charge is -2.29. The van der Waals surface area contributed by atoms with E-state index in [-0.39, 0.29) is 18.1 Å². The number of para-hydroxylation sites is 2. The molecule has 3 nitrogen and oxygen atoms in total. The Labute approximate surface area is 129 Å². The molecule has 1 aliphatic rings. The third-order valence-corrected chi connectivity index (χ3v) is 3.80. The first-order chi connectivity index (χ1) is 10.8. The summed E-state index contributed by atoms with van der Waals surface area (Å²) in [6.45, 7) is 0.862. The van der Waals surface area contributed by atoms with Crippen molar-refractivity contribution in [2.75, 3.05) is 18.1 Å². The average molecular weight is 299 g/mol. The maximum absolute atomic E-state index is 14.0. The number of halogens is 1. The van der Waals surface area contributed by atoms with Crippen LogP contribution in [-0.2, 0) is 11.2 Å². The van der Waals surface area contributed by atoms with Crippen molar-refractivity contribution in [3.63, 3.8) is 0 Å². The molecule has 2 aromatic carbocycles. The number of hydrogen-bond acceptors (Lipinski definition) is 2. The Morgan fingerprint density at radius 2 is 1.95 bits per heavy atom. The summed E-state index contributed by atoms with van der Waals surface area (Å²) in [4.78, 5) is 13.9. The Bertz CT molecular complexity index is 657. The molecule has 0 atom stereocenters. The predicted molar refractivity (Wildman–Crippen MR) is 83.6 cm³/mol. The van der Waals surface area contributed by atoms with Gasteiger partial charge in [-0.2, -0.15) is 0 Å². The Morgan fingerprint density at radius 1 is 1.14 bits per heavy atom. The van der Waals surface area contributed by atoms with Gasteiger partial charge in [-0.15, -0.1) is 0 Å². The molecule has 0 aromatic heterocycles. The van der Waals surface area contributed by atoms with Crippen LogP contribution in [0.4, 0.5) is 10.1 Å². The lowest BCUT2D eigenvalue weighted by atomic mass is 10.0. The van der Waals surface area contributed by atoms with Crippen molar-refractivity contribution in [3.8, 4) is 5.75 Å². The van der Waals surface area contributed by atoms with Gasteiger partial charge in [-0.05, 0) is 36.6 Å². The smallest absolute Gasteiger partial charge is 0.230 e. The summed E-state index contributed by atoms with van der Waals surface area (Å²) < 4.78 is 19.6. The van der Waals surface area contributed by atoms with Crippen LogP contribution in [0.3, 0.4) is 0 Å². The van der Waals surface area contributed by atoms with E-state index in [1.807, 2.05) is 36.4 Å². The molecule has 3 rings (SSSR count). The highest BCUT2D eigenvalue weighted by Gasteiger charge is 2.25. The minimum Gasteiger partial charge on any atom is -0.493 e. The van der Waals surface area contributed by atoms with Crippen LogP contribution in [0.5, 0.6) is 5.75 Å². The summed E-state index contributed by atoms with van der Waals surface area (Å²) in [6.07, 6.45) is 1.92. The van der Waals surface area contributed by atoms with Crippen LogP contribution in [-0.4, -0.2) is 19.1 Å². The van der Waals surface area contributed by atoms with Gasteiger partial charge >= 0.3 is 0 Å². The zero-order valence-electron chi connectivity index (χ0n) is 12.3. The molecule has 0 spiro atoms. The van der Waals surface area contributed by atoms with E-state index in [4.69, 9.17) is 4.74 Å². The SMILES string of the molecule is O=C(CCOc1ccccc1)N1CCCc2cccc(F)c21. The molecule has 22 heavy (non-hydrogen) atoms. The fourth-order valence-electron chi connectivity index (χ4n) is 2.76. The summed E-state index contributed by atoms with van der Waals surface area (Å²) in [5.74, 6) is 0.317. The fourth-order valence-corrected chi connectivity index (χ4v) is 2.76. The van der Waals surface area contributed by atoms with E-state index in [2.05, 4.69) is 0 Å². The molecule has 0 saturated carbocycles. The molecule has 0 saturated heterocycles. The van der Waals surface area contributed by atoms with Crippen molar-refractivity contribution in [2.45, 2.75) is 19.3 Å². The zero-order chi connectivity index (χ0) is 15.4. The quantitative estimate of drug-likeness (QED) is 0.863. The number of carbonyl (C=O) groups excluding carboxylic acids is 1. The largest absolute Gasteiger partial charge is 0.493 e.